The maximum Gasteiger partial charge on any atom is 0.140 e. The van der Waals surface area contributed by atoms with Gasteiger partial charge in [0.15, 0.2) is 0 Å². The molecule has 1 aromatic rings. The molecule has 1 rings (SSSR count). The highest BCUT2D eigenvalue weighted by Crippen LogP contribution is 2.21. The zero-order valence-corrected chi connectivity index (χ0v) is 10.0. The number of aromatic nitrogens is 1. The summed E-state index contributed by atoms with van der Waals surface area (Å²) < 4.78 is 0.939. The van der Waals surface area contributed by atoms with Gasteiger partial charge < -0.3 is 10.4 Å². The first-order chi connectivity index (χ1) is 6.55. The van der Waals surface area contributed by atoms with Crippen molar-refractivity contribution >= 4 is 21.7 Å². The minimum atomic E-state index is -0.128. The highest BCUT2D eigenvalue weighted by Gasteiger charge is 2.16. The molecule has 0 radical (unpaired) electrons. The maximum absolute atomic E-state index is 9.07. The molecule has 0 amide bonds. The fourth-order valence-electron chi connectivity index (χ4n) is 0.895. The van der Waals surface area contributed by atoms with Crippen LogP contribution in [0.5, 0.6) is 0 Å². The van der Waals surface area contributed by atoms with Gasteiger partial charge in [-0.25, -0.2) is 4.98 Å². The molecule has 0 atom stereocenters. The van der Waals surface area contributed by atoms with Crippen molar-refractivity contribution in [3.05, 3.63) is 22.8 Å². The molecule has 1 aromatic heterocycles. The molecule has 2 N–H and O–H groups in total. The fraction of sp³-hybridized carbons (Fsp3) is 0.500. The molecular weight excluding hydrogens is 244 g/mol. The van der Waals surface area contributed by atoms with Crippen molar-refractivity contribution in [2.75, 3.05) is 18.5 Å². The second-order valence-corrected chi connectivity index (χ2v) is 4.86. The van der Waals surface area contributed by atoms with Crippen molar-refractivity contribution in [1.82, 2.24) is 4.98 Å². The summed E-state index contributed by atoms with van der Waals surface area (Å²) in [6.07, 6.45) is 1.74. The van der Waals surface area contributed by atoms with Gasteiger partial charge >= 0.3 is 0 Å². The van der Waals surface area contributed by atoms with Gasteiger partial charge in [-0.05, 0) is 28.1 Å². The van der Waals surface area contributed by atoms with Gasteiger partial charge in [0.1, 0.15) is 5.82 Å². The summed E-state index contributed by atoms with van der Waals surface area (Å²) in [6.45, 7) is 4.84. The van der Waals surface area contributed by atoms with E-state index >= 15 is 0 Å². The van der Waals surface area contributed by atoms with Crippen molar-refractivity contribution in [3.63, 3.8) is 0 Å². The lowest BCUT2D eigenvalue weighted by Crippen LogP contribution is -2.27. The third-order valence-corrected chi connectivity index (χ3v) is 2.56. The largest absolute Gasteiger partial charge is 0.396 e. The van der Waals surface area contributed by atoms with Crippen molar-refractivity contribution in [2.45, 2.75) is 13.8 Å². The molecule has 14 heavy (non-hydrogen) atoms. The minimum Gasteiger partial charge on any atom is -0.396 e. The quantitative estimate of drug-likeness (QED) is 0.871. The molecule has 0 aliphatic rings. The molecule has 0 spiro atoms. The van der Waals surface area contributed by atoms with E-state index < -0.39 is 0 Å². The minimum absolute atomic E-state index is 0.128. The Morgan fingerprint density at radius 3 is 2.86 bits per heavy atom. The van der Waals surface area contributed by atoms with Gasteiger partial charge in [0.2, 0.25) is 0 Å². The van der Waals surface area contributed by atoms with E-state index in [-0.39, 0.29) is 12.0 Å². The van der Waals surface area contributed by atoms with E-state index in [1.54, 1.807) is 6.20 Å². The Bertz CT molecular complexity index is 302. The molecule has 0 aliphatic heterocycles. The number of nitrogens with zero attached hydrogens (tertiary/aromatic N) is 1. The van der Waals surface area contributed by atoms with E-state index in [2.05, 4.69) is 26.2 Å². The normalized spacial score (nSPS) is 11.4. The van der Waals surface area contributed by atoms with E-state index in [1.165, 1.54) is 0 Å². The number of aliphatic hydroxyl groups is 1. The number of hydrogen-bond donors (Lipinski definition) is 2. The maximum atomic E-state index is 9.07. The van der Waals surface area contributed by atoms with Gasteiger partial charge in [-0.15, -0.1) is 0 Å². The molecule has 3 nitrogen and oxygen atoms in total. The Balaban J connectivity index is 2.58. The van der Waals surface area contributed by atoms with Gasteiger partial charge in [0, 0.05) is 24.8 Å². The van der Waals surface area contributed by atoms with Crippen LogP contribution in [0.15, 0.2) is 22.8 Å². The molecule has 0 saturated heterocycles. The first-order valence-electron chi connectivity index (χ1n) is 4.50. The lowest BCUT2D eigenvalue weighted by atomic mass is 9.95. The first-order valence-corrected chi connectivity index (χ1v) is 5.30. The first kappa shape index (κ1) is 11.5. The summed E-state index contributed by atoms with van der Waals surface area (Å²) in [4.78, 5) is 4.18. The number of anilines is 1. The summed E-state index contributed by atoms with van der Waals surface area (Å²) >= 11 is 3.40. The topological polar surface area (TPSA) is 45.1 Å². The lowest BCUT2D eigenvalue weighted by Gasteiger charge is -2.22. The van der Waals surface area contributed by atoms with Crippen molar-refractivity contribution in [3.8, 4) is 0 Å². The number of rotatable bonds is 4. The number of aliphatic hydroxyl groups excluding tert-OH is 1. The van der Waals surface area contributed by atoms with Gasteiger partial charge in [-0.2, -0.15) is 0 Å². The van der Waals surface area contributed by atoms with Crippen LogP contribution in [0.4, 0.5) is 5.82 Å². The molecule has 0 aliphatic carbocycles. The molecule has 0 saturated carbocycles. The number of hydrogen-bond acceptors (Lipinski definition) is 3. The number of halogens is 1. The Morgan fingerprint density at radius 1 is 1.57 bits per heavy atom. The predicted octanol–water partition coefficient (Wildman–Crippen LogP) is 2.27. The van der Waals surface area contributed by atoms with Gasteiger partial charge in [-0.1, -0.05) is 13.8 Å². The monoisotopic (exact) mass is 258 g/mol. The van der Waals surface area contributed by atoms with Crippen LogP contribution in [-0.2, 0) is 0 Å². The van der Waals surface area contributed by atoms with Gasteiger partial charge in [0.05, 0.1) is 4.47 Å². The molecular formula is C10H15BrN2O. The third-order valence-electron chi connectivity index (χ3n) is 1.92. The van der Waals surface area contributed by atoms with E-state index in [0.29, 0.717) is 6.54 Å². The fourth-order valence-corrected chi connectivity index (χ4v) is 1.29. The van der Waals surface area contributed by atoms with Crippen LogP contribution in [0.25, 0.3) is 0 Å². The smallest absolute Gasteiger partial charge is 0.140 e. The SMILES string of the molecule is CC(C)(CO)CNc1ncccc1Br. The van der Waals surface area contributed by atoms with Crippen molar-refractivity contribution < 1.29 is 5.11 Å². The Kier molecular flexibility index (Phi) is 3.89. The molecule has 0 fully saturated rings. The van der Waals surface area contributed by atoms with E-state index in [9.17, 15) is 0 Å². The van der Waals surface area contributed by atoms with E-state index in [0.717, 1.165) is 10.3 Å². The zero-order chi connectivity index (χ0) is 10.6. The van der Waals surface area contributed by atoms with E-state index in [4.69, 9.17) is 5.11 Å². The summed E-state index contributed by atoms with van der Waals surface area (Å²) in [5.41, 5.74) is -0.128. The number of nitrogens with one attached hydrogen (secondary N) is 1. The summed E-state index contributed by atoms with van der Waals surface area (Å²) in [5.74, 6) is 0.814. The molecule has 4 heteroatoms. The van der Waals surface area contributed by atoms with Crippen LogP contribution >= 0.6 is 15.9 Å². The molecule has 0 bridgehead atoms. The second kappa shape index (κ2) is 4.75. The van der Waals surface area contributed by atoms with Crippen LogP contribution in [-0.4, -0.2) is 23.2 Å². The summed E-state index contributed by atoms with van der Waals surface area (Å²) in [6, 6.07) is 3.80. The summed E-state index contributed by atoms with van der Waals surface area (Å²) in [5, 5.41) is 12.3. The average molecular weight is 259 g/mol. The molecule has 1 heterocycles. The predicted molar refractivity (Wildman–Crippen MR) is 61.3 cm³/mol. The van der Waals surface area contributed by atoms with Crippen molar-refractivity contribution in [2.24, 2.45) is 5.41 Å². The van der Waals surface area contributed by atoms with Crippen LogP contribution in [0, 0.1) is 5.41 Å². The lowest BCUT2D eigenvalue weighted by molar-refractivity contribution is 0.170. The highest BCUT2D eigenvalue weighted by atomic mass is 79.9. The van der Waals surface area contributed by atoms with Crippen molar-refractivity contribution in [1.29, 1.82) is 0 Å². The van der Waals surface area contributed by atoms with Crippen LogP contribution in [0.1, 0.15) is 13.8 Å². The van der Waals surface area contributed by atoms with E-state index in [1.807, 2.05) is 26.0 Å². The molecule has 0 unspecified atom stereocenters. The molecule has 78 valence electrons. The van der Waals surface area contributed by atoms with Gasteiger partial charge in [-0.3, -0.25) is 0 Å². The zero-order valence-electron chi connectivity index (χ0n) is 8.42. The van der Waals surface area contributed by atoms with Crippen LogP contribution in [0.3, 0.4) is 0 Å². The Morgan fingerprint density at radius 2 is 2.29 bits per heavy atom. The van der Waals surface area contributed by atoms with Crippen LogP contribution < -0.4 is 5.32 Å². The highest BCUT2D eigenvalue weighted by molar-refractivity contribution is 9.10. The Hall–Kier alpha value is -0.610. The second-order valence-electron chi connectivity index (χ2n) is 4.01. The van der Waals surface area contributed by atoms with Crippen LogP contribution in [0.2, 0.25) is 0 Å². The number of pyridine rings is 1. The standard InChI is InChI=1S/C10H15BrN2O/c1-10(2,7-14)6-13-9-8(11)4-3-5-12-9/h3-5,14H,6-7H2,1-2H3,(H,12,13). The average Bonchev–Trinajstić information content (AvgIpc) is 2.17. The summed E-state index contributed by atoms with van der Waals surface area (Å²) in [7, 11) is 0. The molecule has 0 aromatic carbocycles. The Labute approximate surface area is 92.7 Å². The van der Waals surface area contributed by atoms with Gasteiger partial charge in [0.25, 0.3) is 0 Å². The third kappa shape index (κ3) is 3.27.